The van der Waals surface area contributed by atoms with Crippen LogP contribution in [0.2, 0.25) is 0 Å². The largest absolute Gasteiger partial charge is 0.462 e. The lowest BCUT2D eigenvalue weighted by Gasteiger charge is -2.42. The number of rotatable bonds is 37. The van der Waals surface area contributed by atoms with Gasteiger partial charge in [-0.25, -0.2) is 0 Å². The van der Waals surface area contributed by atoms with Crippen molar-refractivity contribution >= 4 is 11.9 Å². The van der Waals surface area contributed by atoms with E-state index in [-0.39, 0.29) is 26.1 Å². The lowest BCUT2D eigenvalue weighted by atomic mass is 9.98. The van der Waals surface area contributed by atoms with Crippen molar-refractivity contribution in [3.05, 3.63) is 24.3 Å². The molecule has 2 heterocycles. The Kier molecular flexibility index (Phi) is 32.8. The zero-order valence-electron chi connectivity index (χ0n) is 38.6. The standard InChI is InChI=1S/C48H86O15/c1-3-5-7-9-11-13-15-17-18-19-21-23-25-27-29-31-40(51)61-36(33-58-39(50)30-28-26-24-22-20-16-14-12-10-8-6-4-2)34-59-47-46(57)44(55)42(53)38(63-47)35-60-48-45(56)43(54)41(52)37(32-49)62-48/h11,13,17-18,36-38,41-49,52-57H,3-10,12,14-16,19-35H2,1-2H3/b13-11+,18-17+/t36-,37-,38-,41+,42+,43?,44?,45?,46?,47-,48-/m1/s1. The van der Waals surface area contributed by atoms with E-state index in [1.807, 2.05) is 0 Å². The van der Waals surface area contributed by atoms with Gasteiger partial charge in [0.05, 0.1) is 19.8 Å². The molecule has 0 aromatic rings. The Morgan fingerprint density at radius 2 is 0.952 bits per heavy atom. The first-order chi connectivity index (χ1) is 30.5. The van der Waals surface area contributed by atoms with E-state index in [1.165, 1.54) is 70.6 Å². The average Bonchev–Trinajstić information content (AvgIpc) is 3.28. The third-order valence-electron chi connectivity index (χ3n) is 11.7. The van der Waals surface area contributed by atoms with Gasteiger partial charge in [0.15, 0.2) is 18.7 Å². The van der Waals surface area contributed by atoms with Crippen molar-refractivity contribution in [1.82, 2.24) is 0 Å². The third-order valence-corrected chi connectivity index (χ3v) is 11.7. The molecule has 368 valence electrons. The van der Waals surface area contributed by atoms with Crippen LogP contribution in [0.4, 0.5) is 0 Å². The second kappa shape index (κ2) is 36.1. The highest BCUT2D eigenvalue weighted by Crippen LogP contribution is 2.26. The summed E-state index contributed by atoms with van der Waals surface area (Å²) in [7, 11) is 0. The summed E-state index contributed by atoms with van der Waals surface area (Å²) in [6.07, 6.45) is 17.8. The molecule has 2 aliphatic rings. The monoisotopic (exact) mass is 903 g/mol. The molecule has 11 atom stereocenters. The van der Waals surface area contributed by atoms with E-state index in [4.69, 9.17) is 28.4 Å². The molecule has 0 amide bonds. The van der Waals surface area contributed by atoms with Gasteiger partial charge in [0.25, 0.3) is 0 Å². The second-order valence-corrected chi connectivity index (χ2v) is 17.3. The van der Waals surface area contributed by atoms with Crippen LogP contribution < -0.4 is 0 Å². The molecule has 0 spiro atoms. The molecular weight excluding hydrogens is 817 g/mol. The maximum Gasteiger partial charge on any atom is 0.306 e. The molecule has 2 fully saturated rings. The molecular formula is C48H86O15. The molecule has 63 heavy (non-hydrogen) atoms. The minimum absolute atomic E-state index is 0.151. The molecule has 0 bridgehead atoms. The number of unbranched alkanes of at least 4 members (excludes halogenated alkanes) is 19. The fourth-order valence-electron chi connectivity index (χ4n) is 7.60. The van der Waals surface area contributed by atoms with Crippen LogP contribution in [-0.4, -0.2) is 142 Å². The van der Waals surface area contributed by atoms with E-state index < -0.39 is 92.7 Å². The molecule has 0 aromatic carbocycles. The van der Waals surface area contributed by atoms with Crippen LogP contribution in [0.15, 0.2) is 24.3 Å². The minimum Gasteiger partial charge on any atom is -0.462 e. The van der Waals surface area contributed by atoms with Crippen molar-refractivity contribution < 1.29 is 73.8 Å². The fourth-order valence-corrected chi connectivity index (χ4v) is 7.60. The summed E-state index contributed by atoms with van der Waals surface area (Å²) < 4.78 is 33.5. The number of ether oxygens (including phenoxy) is 6. The third kappa shape index (κ3) is 24.9. The van der Waals surface area contributed by atoms with Gasteiger partial charge < -0.3 is 64.2 Å². The second-order valence-electron chi connectivity index (χ2n) is 17.3. The average molecular weight is 903 g/mol. The van der Waals surface area contributed by atoms with Gasteiger partial charge in [-0.3, -0.25) is 9.59 Å². The number of carbonyl (C=O) groups excluding carboxylic acids is 2. The lowest BCUT2D eigenvalue weighted by Crippen LogP contribution is -2.61. The summed E-state index contributed by atoms with van der Waals surface area (Å²) in [5, 5.41) is 71.9. The number of carbonyl (C=O) groups is 2. The molecule has 2 aliphatic heterocycles. The van der Waals surface area contributed by atoms with Gasteiger partial charge in [-0.1, -0.05) is 141 Å². The number of aliphatic hydroxyl groups is 7. The Morgan fingerprint density at radius 3 is 1.51 bits per heavy atom. The van der Waals surface area contributed by atoms with Gasteiger partial charge in [0.1, 0.15) is 55.4 Å². The molecule has 0 saturated carbocycles. The quantitative estimate of drug-likeness (QED) is 0.0216. The summed E-state index contributed by atoms with van der Waals surface area (Å²) in [6, 6.07) is 0. The number of hydrogen-bond acceptors (Lipinski definition) is 15. The fraction of sp³-hybridized carbons (Fsp3) is 0.875. The van der Waals surface area contributed by atoms with E-state index in [0.717, 1.165) is 64.2 Å². The van der Waals surface area contributed by atoms with Crippen LogP contribution >= 0.6 is 0 Å². The van der Waals surface area contributed by atoms with Gasteiger partial charge in [-0.05, 0) is 44.9 Å². The Balaban J connectivity index is 1.84. The molecule has 7 N–H and O–H groups in total. The normalized spacial score (nSPS) is 27.0. The zero-order chi connectivity index (χ0) is 46.1. The van der Waals surface area contributed by atoms with Crippen molar-refractivity contribution in [3.63, 3.8) is 0 Å². The summed E-state index contributed by atoms with van der Waals surface area (Å²) >= 11 is 0. The molecule has 0 aliphatic carbocycles. The Bertz CT molecular complexity index is 1200. The lowest BCUT2D eigenvalue weighted by molar-refractivity contribution is -0.332. The molecule has 2 rings (SSSR count). The highest BCUT2D eigenvalue weighted by molar-refractivity contribution is 5.70. The number of aliphatic hydroxyl groups excluding tert-OH is 7. The number of allylic oxidation sites excluding steroid dienone is 4. The van der Waals surface area contributed by atoms with Crippen LogP contribution in [0.5, 0.6) is 0 Å². The predicted octanol–water partition coefficient (Wildman–Crippen LogP) is 5.99. The molecule has 15 nitrogen and oxygen atoms in total. The highest BCUT2D eigenvalue weighted by atomic mass is 16.7. The first-order valence-corrected chi connectivity index (χ1v) is 24.4. The molecule has 0 radical (unpaired) electrons. The van der Waals surface area contributed by atoms with Gasteiger partial charge in [-0.2, -0.15) is 0 Å². The first-order valence-electron chi connectivity index (χ1n) is 24.4. The van der Waals surface area contributed by atoms with E-state index in [0.29, 0.717) is 12.8 Å². The van der Waals surface area contributed by atoms with Crippen LogP contribution in [-0.2, 0) is 38.0 Å². The Morgan fingerprint density at radius 1 is 0.508 bits per heavy atom. The van der Waals surface area contributed by atoms with Crippen LogP contribution in [0.3, 0.4) is 0 Å². The maximum absolute atomic E-state index is 13.0. The van der Waals surface area contributed by atoms with Gasteiger partial charge in [-0.15, -0.1) is 0 Å². The SMILES string of the molecule is CCCCC/C=C/C/C=C/CCCCCCCC(=O)O[C@H](COC(=O)CCCCCCCCCCCCCC)CO[C@@H]1O[C@H](CO[C@@H]2O[C@H](CO)[C@H](O)C(O)C2O)[C@H](O)C(O)C1O. The minimum atomic E-state index is -1.76. The Hall–Kier alpha value is -2.02. The molecule has 4 unspecified atom stereocenters. The zero-order valence-corrected chi connectivity index (χ0v) is 38.6. The van der Waals surface area contributed by atoms with Crippen LogP contribution in [0.25, 0.3) is 0 Å². The van der Waals surface area contributed by atoms with Crippen LogP contribution in [0, 0.1) is 0 Å². The summed E-state index contributed by atoms with van der Waals surface area (Å²) in [6.45, 7) is 2.54. The van der Waals surface area contributed by atoms with E-state index in [2.05, 4.69) is 38.2 Å². The summed E-state index contributed by atoms with van der Waals surface area (Å²) in [5.74, 6) is -0.938. The van der Waals surface area contributed by atoms with Gasteiger partial charge in [0, 0.05) is 12.8 Å². The molecule has 15 heteroatoms. The predicted molar refractivity (Wildman–Crippen MR) is 238 cm³/mol. The van der Waals surface area contributed by atoms with E-state index in [1.54, 1.807) is 0 Å². The van der Waals surface area contributed by atoms with Crippen molar-refractivity contribution in [2.45, 2.75) is 242 Å². The topological polar surface area (TPSA) is 231 Å². The smallest absolute Gasteiger partial charge is 0.306 e. The van der Waals surface area contributed by atoms with Gasteiger partial charge in [0.2, 0.25) is 0 Å². The van der Waals surface area contributed by atoms with Crippen molar-refractivity contribution in [3.8, 4) is 0 Å². The number of hydrogen-bond donors (Lipinski definition) is 7. The van der Waals surface area contributed by atoms with Gasteiger partial charge >= 0.3 is 11.9 Å². The number of esters is 2. The molecule has 2 saturated heterocycles. The van der Waals surface area contributed by atoms with Crippen molar-refractivity contribution in [2.24, 2.45) is 0 Å². The first kappa shape index (κ1) is 57.1. The van der Waals surface area contributed by atoms with E-state index in [9.17, 15) is 45.3 Å². The highest BCUT2D eigenvalue weighted by Gasteiger charge is 2.47. The van der Waals surface area contributed by atoms with Crippen molar-refractivity contribution in [2.75, 3.05) is 26.4 Å². The summed E-state index contributed by atoms with van der Waals surface area (Å²) in [4.78, 5) is 25.7. The van der Waals surface area contributed by atoms with E-state index >= 15 is 0 Å². The summed E-state index contributed by atoms with van der Waals surface area (Å²) in [5.41, 5.74) is 0. The maximum atomic E-state index is 13.0. The van der Waals surface area contributed by atoms with Crippen molar-refractivity contribution in [1.29, 1.82) is 0 Å². The molecule has 0 aromatic heterocycles. The van der Waals surface area contributed by atoms with Crippen LogP contribution in [0.1, 0.15) is 174 Å². The Labute approximate surface area is 377 Å².